The topological polar surface area (TPSA) is 35.0 Å². The van der Waals surface area contributed by atoms with Crippen LogP contribution in [0.3, 0.4) is 0 Å². The van der Waals surface area contributed by atoms with Crippen LogP contribution in [0.2, 0.25) is 0 Å². The van der Waals surface area contributed by atoms with Gasteiger partial charge in [-0.25, -0.2) is 9.97 Å². The molecule has 0 aliphatic heterocycles. The molecule has 88 valence electrons. The van der Waals surface area contributed by atoms with Crippen molar-refractivity contribution in [2.75, 3.05) is 6.61 Å². The van der Waals surface area contributed by atoms with Crippen LogP contribution in [-0.4, -0.2) is 16.6 Å². The van der Waals surface area contributed by atoms with Crippen molar-refractivity contribution in [1.82, 2.24) is 9.97 Å². The molecule has 17 heavy (non-hydrogen) atoms. The largest absolute Gasteiger partial charge is 0.493 e. The first-order chi connectivity index (χ1) is 8.35. The van der Waals surface area contributed by atoms with Crippen LogP contribution in [0.1, 0.15) is 12.6 Å². The summed E-state index contributed by atoms with van der Waals surface area (Å²) in [6.45, 7) is 2.57. The van der Waals surface area contributed by atoms with Gasteiger partial charge in [-0.3, -0.25) is 0 Å². The van der Waals surface area contributed by atoms with Crippen molar-refractivity contribution in [1.29, 1.82) is 0 Å². The maximum Gasteiger partial charge on any atom is 0.163 e. The Morgan fingerprint density at radius 3 is 2.82 bits per heavy atom. The molecule has 2 rings (SSSR count). The lowest BCUT2D eigenvalue weighted by molar-refractivity contribution is 0.341. The number of para-hydroxylation sites is 1. The molecule has 0 radical (unpaired) electrons. The molecular formula is C13H13ClN2O. The van der Waals surface area contributed by atoms with Gasteiger partial charge in [0.05, 0.1) is 23.7 Å². The normalized spacial score (nSPS) is 10.2. The fourth-order valence-corrected chi connectivity index (χ4v) is 1.68. The van der Waals surface area contributed by atoms with Gasteiger partial charge >= 0.3 is 0 Å². The van der Waals surface area contributed by atoms with Crippen LogP contribution >= 0.6 is 11.6 Å². The zero-order valence-electron chi connectivity index (χ0n) is 9.56. The van der Waals surface area contributed by atoms with Crippen molar-refractivity contribution >= 4 is 11.6 Å². The van der Waals surface area contributed by atoms with Crippen molar-refractivity contribution in [2.24, 2.45) is 0 Å². The number of rotatable bonds is 4. The number of aromatic nitrogens is 2. The molecular weight excluding hydrogens is 236 g/mol. The second-order valence-electron chi connectivity index (χ2n) is 3.43. The first kappa shape index (κ1) is 11.9. The van der Waals surface area contributed by atoms with E-state index in [1.165, 1.54) is 0 Å². The van der Waals surface area contributed by atoms with Gasteiger partial charge in [-0.15, -0.1) is 11.6 Å². The predicted molar refractivity (Wildman–Crippen MR) is 68.2 cm³/mol. The standard InChI is InChI=1S/C13H13ClN2O/c1-2-17-12-6-4-3-5-11(12)13-15-8-7-10(9-14)16-13/h3-8H,2,9H2,1H3. The smallest absolute Gasteiger partial charge is 0.163 e. The second kappa shape index (κ2) is 5.64. The summed E-state index contributed by atoms with van der Waals surface area (Å²) in [6.07, 6.45) is 1.71. The highest BCUT2D eigenvalue weighted by Crippen LogP contribution is 2.27. The van der Waals surface area contributed by atoms with Crippen molar-refractivity contribution in [2.45, 2.75) is 12.8 Å². The molecule has 0 bridgehead atoms. The molecule has 0 spiro atoms. The zero-order chi connectivity index (χ0) is 12.1. The Morgan fingerprint density at radius 1 is 1.24 bits per heavy atom. The van der Waals surface area contributed by atoms with Gasteiger partial charge in [0.1, 0.15) is 5.75 Å². The molecule has 1 aromatic heterocycles. The average Bonchev–Trinajstić information content (AvgIpc) is 2.40. The number of hydrogen-bond donors (Lipinski definition) is 0. The number of ether oxygens (including phenoxy) is 1. The molecule has 0 atom stereocenters. The van der Waals surface area contributed by atoms with Crippen molar-refractivity contribution in [3.63, 3.8) is 0 Å². The lowest BCUT2D eigenvalue weighted by atomic mass is 10.2. The summed E-state index contributed by atoms with van der Waals surface area (Å²) in [6, 6.07) is 9.53. The summed E-state index contributed by atoms with van der Waals surface area (Å²) in [5.74, 6) is 1.82. The zero-order valence-corrected chi connectivity index (χ0v) is 10.3. The third-order valence-electron chi connectivity index (χ3n) is 2.28. The number of alkyl halides is 1. The SMILES string of the molecule is CCOc1ccccc1-c1nccc(CCl)n1. The Labute approximate surface area is 105 Å². The number of benzene rings is 1. The first-order valence-corrected chi connectivity index (χ1v) is 5.98. The van der Waals surface area contributed by atoms with E-state index in [0.717, 1.165) is 17.0 Å². The van der Waals surface area contributed by atoms with Crippen LogP contribution in [0.4, 0.5) is 0 Å². The summed E-state index contributed by atoms with van der Waals surface area (Å²) in [4.78, 5) is 8.63. The third-order valence-corrected chi connectivity index (χ3v) is 2.55. The van der Waals surface area contributed by atoms with Crippen LogP contribution in [0.5, 0.6) is 5.75 Å². The highest BCUT2D eigenvalue weighted by Gasteiger charge is 2.08. The molecule has 3 nitrogen and oxygen atoms in total. The Morgan fingerprint density at radius 2 is 2.06 bits per heavy atom. The Hall–Kier alpha value is -1.61. The molecule has 0 saturated carbocycles. The van der Waals surface area contributed by atoms with E-state index in [4.69, 9.17) is 16.3 Å². The maximum absolute atomic E-state index is 5.77. The van der Waals surface area contributed by atoms with Crippen molar-refractivity contribution in [3.8, 4) is 17.1 Å². The molecule has 0 aliphatic carbocycles. The van der Waals surface area contributed by atoms with E-state index in [-0.39, 0.29) is 0 Å². The first-order valence-electron chi connectivity index (χ1n) is 5.45. The number of nitrogens with zero attached hydrogens (tertiary/aromatic N) is 2. The van der Waals surface area contributed by atoms with E-state index in [9.17, 15) is 0 Å². The molecule has 0 unspecified atom stereocenters. The average molecular weight is 249 g/mol. The van der Waals surface area contributed by atoms with Crippen molar-refractivity contribution < 1.29 is 4.74 Å². The van der Waals surface area contributed by atoms with Crippen LogP contribution in [0, 0.1) is 0 Å². The molecule has 0 saturated heterocycles. The predicted octanol–water partition coefficient (Wildman–Crippen LogP) is 3.28. The summed E-state index contributed by atoms with van der Waals surface area (Å²) in [5.41, 5.74) is 1.70. The van der Waals surface area contributed by atoms with E-state index in [1.54, 1.807) is 12.3 Å². The van der Waals surface area contributed by atoms with Gasteiger partial charge in [0.2, 0.25) is 0 Å². The van der Waals surface area contributed by atoms with Gasteiger partial charge in [-0.1, -0.05) is 12.1 Å². The van der Waals surface area contributed by atoms with Gasteiger partial charge in [0.15, 0.2) is 5.82 Å². The fourth-order valence-electron chi connectivity index (χ4n) is 1.53. The molecule has 1 aromatic carbocycles. The van der Waals surface area contributed by atoms with E-state index < -0.39 is 0 Å². The molecule has 0 amide bonds. The van der Waals surface area contributed by atoms with E-state index in [2.05, 4.69) is 9.97 Å². The van der Waals surface area contributed by atoms with Gasteiger partial charge in [-0.05, 0) is 25.1 Å². The lowest BCUT2D eigenvalue weighted by Gasteiger charge is -2.08. The molecule has 4 heteroatoms. The minimum Gasteiger partial charge on any atom is -0.493 e. The Bertz CT molecular complexity index is 502. The monoisotopic (exact) mass is 248 g/mol. The lowest BCUT2D eigenvalue weighted by Crippen LogP contribution is -1.97. The van der Waals surface area contributed by atoms with Crippen LogP contribution in [0.15, 0.2) is 36.5 Å². The van der Waals surface area contributed by atoms with Gasteiger partial charge in [0.25, 0.3) is 0 Å². The third kappa shape index (κ3) is 2.74. The van der Waals surface area contributed by atoms with Crippen LogP contribution < -0.4 is 4.74 Å². The van der Waals surface area contributed by atoms with Gasteiger partial charge in [-0.2, -0.15) is 0 Å². The highest BCUT2D eigenvalue weighted by molar-refractivity contribution is 6.16. The van der Waals surface area contributed by atoms with Gasteiger partial charge < -0.3 is 4.74 Å². The second-order valence-corrected chi connectivity index (χ2v) is 3.70. The minimum atomic E-state index is 0.381. The molecule has 0 aliphatic rings. The molecule has 2 aromatic rings. The Balaban J connectivity index is 2.44. The van der Waals surface area contributed by atoms with E-state index in [0.29, 0.717) is 18.3 Å². The summed E-state index contributed by atoms with van der Waals surface area (Å²) < 4.78 is 5.55. The van der Waals surface area contributed by atoms with Crippen LogP contribution in [-0.2, 0) is 5.88 Å². The molecule has 0 N–H and O–H groups in total. The minimum absolute atomic E-state index is 0.381. The molecule has 1 heterocycles. The molecule has 0 fully saturated rings. The quantitative estimate of drug-likeness (QED) is 0.779. The highest BCUT2D eigenvalue weighted by atomic mass is 35.5. The summed E-state index contributed by atoms with van der Waals surface area (Å²) in [5, 5.41) is 0. The Kier molecular flexibility index (Phi) is 3.94. The van der Waals surface area contributed by atoms with E-state index in [1.807, 2.05) is 31.2 Å². The van der Waals surface area contributed by atoms with E-state index >= 15 is 0 Å². The number of halogens is 1. The summed E-state index contributed by atoms with van der Waals surface area (Å²) in [7, 11) is 0. The van der Waals surface area contributed by atoms with Gasteiger partial charge in [0, 0.05) is 6.20 Å². The maximum atomic E-state index is 5.77. The fraction of sp³-hybridized carbons (Fsp3) is 0.231. The number of hydrogen-bond acceptors (Lipinski definition) is 3. The summed E-state index contributed by atoms with van der Waals surface area (Å²) >= 11 is 5.77. The van der Waals surface area contributed by atoms with Crippen LogP contribution in [0.25, 0.3) is 11.4 Å². The van der Waals surface area contributed by atoms with Crippen molar-refractivity contribution in [3.05, 3.63) is 42.2 Å².